The average Bonchev–Trinajstić information content (AvgIpc) is 2.98. The number of Topliss-reactive ketones (excluding diaryl/α,β-unsaturated/α-hetero) is 1. The van der Waals surface area contributed by atoms with Crippen LogP contribution >= 0.6 is 0 Å². The molecule has 0 fully saturated rings. The summed E-state index contributed by atoms with van der Waals surface area (Å²) in [5.41, 5.74) is -3.47. The van der Waals surface area contributed by atoms with Crippen molar-refractivity contribution in [1.29, 1.82) is 0 Å². The highest BCUT2D eigenvalue weighted by Crippen LogP contribution is 2.46. The second-order valence-corrected chi connectivity index (χ2v) is 6.76. The molecule has 29 heavy (non-hydrogen) atoms. The van der Waals surface area contributed by atoms with E-state index in [0.717, 1.165) is 11.0 Å². The van der Waals surface area contributed by atoms with E-state index in [4.69, 9.17) is 0 Å². The largest absolute Gasteiger partial charge is 0.431 e. The molecule has 2 atom stereocenters. The number of rotatable bonds is 2. The minimum atomic E-state index is -4.87. The molecular weight excluding hydrogens is 409 g/mol. The van der Waals surface area contributed by atoms with Crippen molar-refractivity contribution < 1.29 is 40.3 Å². The Morgan fingerprint density at radius 2 is 2.00 bits per heavy atom. The fourth-order valence-corrected chi connectivity index (χ4v) is 3.78. The molecule has 2 aliphatic heterocycles. The summed E-state index contributed by atoms with van der Waals surface area (Å²) in [6, 6.07) is 3.52. The lowest BCUT2D eigenvalue weighted by atomic mass is 9.75. The van der Waals surface area contributed by atoms with Gasteiger partial charge in [0, 0.05) is 12.6 Å². The van der Waals surface area contributed by atoms with E-state index in [0.29, 0.717) is 12.3 Å². The maximum Gasteiger partial charge on any atom is 0.417 e. The van der Waals surface area contributed by atoms with Crippen LogP contribution in [0.4, 0.5) is 30.7 Å². The number of fused-ring (bicyclic) bond motifs is 3. The number of halogens is 7. The van der Waals surface area contributed by atoms with Crippen molar-refractivity contribution in [3.05, 3.63) is 58.8 Å². The van der Waals surface area contributed by atoms with Crippen molar-refractivity contribution in [2.45, 2.75) is 30.9 Å². The number of nitrogens with zero attached hydrogens (tertiary/aromatic N) is 2. The number of ketones is 1. The minimum absolute atomic E-state index is 0.0170. The van der Waals surface area contributed by atoms with Crippen molar-refractivity contribution in [2.24, 2.45) is 4.99 Å². The smallest absolute Gasteiger partial charge is 0.417 e. The first-order chi connectivity index (χ1) is 13.5. The van der Waals surface area contributed by atoms with Crippen molar-refractivity contribution >= 4 is 11.6 Å². The molecule has 0 saturated carbocycles. The number of allylic oxidation sites excluding steroid dienone is 2. The Morgan fingerprint density at radius 1 is 1.28 bits per heavy atom. The summed E-state index contributed by atoms with van der Waals surface area (Å²) in [4.78, 5) is 17.2. The molecule has 0 radical (unpaired) electrons. The number of amidine groups is 1. The van der Waals surface area contributed by atoms with Crippen LogP contribution in [0, 0.1) is 5.82 Å². The Labute approximate surface area is 159 Å². The quantitative estimate of drug-likeness (QED) is 0.673. The number of ether oxygens (including phenoxy) is 1. The topological polar surface area (TPSA) is 41.9 Å². The third-order valence-corrected chi connectivity index (χ3v) is 4.93. The van der Waals surface area contributed by atoms with Gasteiger partial charge in [-0.25, -0.2) is 8.78 Å². The molecule has 1 aliphatic carbocycles. The standard InChI is InChI=1S/C18H11F7N2O2/c19-10-3-1-2-9-13(10)14(28)11(20)5-17(9)7-27-6-8(18(23,24)25)4-12(15(27)26-17)29-16(21)22/h1-4,6,11,16H,5,7H2/t11-,17-/m1/s1. The van der Waals surface area contributed by atoms with Crippen molar-refractivity contribution in [1.82, 2.24) is 4.90 Å². The van der Waals surface area contributed by atoms with Crippen LogP contribution in [0.15, 0.2) is 46.8 Å². The highest BCUT2D eigenvalue weighted by Gasteiger charge is 2.52. The maximum absolute atomic E-state index is 14.4. The van der Waals surface area contributed by atoms with Crippen LogP contribution in [0.3, 0.4) is 0 Å². The summed E-state index contributed by atoms with van der Waals surface area (Å²) in [5, 5.41) is 0. The average molecular weight is 420 g/mol. The molecule has 3 aliphatic rings. The minimum Gasteiger partial charge on any atom is -0.431 e. The molecule has 0 saturated heterocycles. The summed E-state index contributed by atoms with van der Waals surface area (Å²) < 4.78 is 97.9. The predicted molar refractivity (Wildman–Crippen MR) is 85.4 cm³/mol. The number of carbonyl (C=O) groups is 1. The molecule has 2 heterocycles. The lowest BCUT2D eigenvalue weighted by Crippen LogP contribution is -2.42. The SMILES string of the molecule is O=C1c2c(F)cccc2[C@@]2(C[C@H]1F)CN1C=C(C(F)(F)F)C=C(OC(F)F)C1=N2. The number of carbonyl (C=O) groups excluding carboxylic acids is 1. The van der Waals surface area contributed by atoms with Crippen molar-refractivity contribution in [3.63, 3.8) is 0 Å². The van der Waals surface area contributed by atoms with Gasteiger partial charge in [0.05, 0.1) is 17.7 Å². The third-order valence-electron chi connectivity index (χ3n) is 4.93. The van der Waals surface area contributed by atoms with Gasteiger partial charge in [-0.2, -0.15) is 22.0 Å². The molecule has 154 valence electrons. The van der Waals surface area contributed by atoms with Gasteiger partial charge >= 0.3 is 12.8 Å². The van der Waals surface area contributed by atoms with E-state index in [2.05, 4.69) is 9.73 Å². The highest BCUT2D eigenvalue weighted by atomic mass is 19.4. The van der Waals surface area contributed by atoms with Gasteiger partial charge < -0.3 is 9.64 Å². The summed E-state index contributed by atoms with van der Waals surface area (Å²) >= 11 is 0. The van der Waals surface area contributed by atoms with Crippen LogP contribution in [-0.4, -0.2) is 42.0 Å². The molecule has 11 heteroatoms. The Hall–Kier alpha value is -2.85. The number of hydrogen-bond donors (Lipinski definition) is 0. The monoisotopic (exact) mass is 420 g/mol. The van der Waals surface area contributed by atoms with E-state index in [1.165, 1.54) is 12.1 Å². The van der Waals surface area contributed by atoms with Gasteiger partial charge in [0.25, 0.3) is 0 Å². The van der Waals surface area contributed by atoms with Crippen LogP contribution in [0.5, 0.6) is 0 Å². The van der Waals surface area contributed by atoms with E-state index >= 15 is 0 Å². The Balaban J connectivity index is 1.87. The Kier molecular flexibility index (Phi) is 4.25. The molecule has 0 amide bonds. The zero-order valence-corrected chi connectivity index (χ0v) is 14.3. The van der Waals surface area contributed by atoms with E-state index in [1.807, 2.05) is 0 Å². The van der Waals surface area contributed by atoms with Gasteiger partial charge in [-0.1, -0.05) is 12.1 Å². The normalized spacial score (nSPS) is 26.2. The predicted octanol–water partition coefficient (Wildman–Crippen LogP) is 4.24. The van der Waals surface area contributed by atoms with Gasteiger partial charge in [-0.3, -0.25) is 9.79 Å². The zero-order chi connectivity index (χ0) is 21.1. The van der Waals surface area contributed by atoms with Gasteiger partial charge in [0.1, 0.15) is 11.4 Å². The van der Waals surface area contributed by atoms with Gasteiger partial charge in [-0.05, 0) is 17.7 Å². The number of benzene rings is 1. The summed E-state index contributed by atoms with van der Waals surface area (Å²) in [5.74, 6) is -3.32. The van der Waals surface area contributed by atoms with E-state index in [1.54, 1.807) is 0 Å². The van der Waals surface area contributed by atoms with Crippen molar-refractivity contribution in [2.75, 3.05) is 6.54 Å². The lowest BCUT2D eigenvalue weighted by Gasteiger charge is -2.34. The molecular formula is C18H11F7N2O2. The first-order valence-electron chi connectivity index (χ1n) is 8.31. The second-order valence-electron chi connectivity index (χ2n) is 6.76. The van der Waals surface area contributed by atoms with E-state index < -0.39 is 66.0 Å². The Morgan fingerprint density at radius 3 is 2.66 bits per heavy atom. The molecule has 0 bridgehead atoms. The maximum atomic E-state index is 14.4. The summed E-state index contributed by atoms with van der Waals surface area (Å²) in [7, 11) is 0. The summed E-state index contributed by atoms with van der Waals surface area (Å²) in [6.07, 6.45) is -6.59. The highest BCUT2D eigenvalue weighted by molar-refractivity contribution is 6.05. The number of hydrogen-bond acceptors (Lipinski definition) is 4. The first-order valence-corrected chi connectivity index (χ1v) is 8.31. The molecule has 4 nitrogen and oxygen atoms in total. The van der Waals surface area contributed by atoms with Crippen LogP contribution in [-0.2, 0) is 10.3 Å². The van der Waals surface area contributed by atoms with Gasteiger partial charge in [0.15, 0.2) is 23.5 Å². The fourth-order valence-electron chi connectivity index (χ4n) is 3.78. The van der Waals surface area contributed by atoms with Crippen molar-refractivity contribution in [3.8, 4) is 0 Å². The molecule has 1 aromatic rings. The van der Waals surface area contributed by atoms with Gasteiger partial charge in [0.2, 0.25) is 0 Å². The van der Waals surface area contributed by atoms with Crippen LogP contribution in [0.2, 0.25) is 0 Å². The molecule has 1 aromatic carbocycles. The molecule has 4 rings (SSSR count). The third kappa shape index (κ3) is 3.08. The Bertz CT molecular complexity index is 983. The molecule has 0 unspecified atom stereocenters. The molecule has 0 N–H and O–H groups in total. The van der Waals surface area contributed by atoms with Crippen LogP contribution in [0.25, 0.3) is 0 Å². The van der Waals surface area contributed by atoms with E-state index in [-0.39, 0.29) is 11.4 Å². The number of alkyl halides is 6. The van der Waals surface area contributed by atoms with Gasteiger partial charge in [-0.15, -0.1) is 0 Å². The second kappa shape index (κ2) is 6.33. The van der Waals surface area contributed by atoms with Crippen LogP contribution < -0.4 is 0 Å². The van der Waals surface area contributed by atoms with Crippen LogP contribution in [0.1, 0.15) is 22.3 Å². The van der Waals surface area contributed by atoms with E-state index in [9.17, 15) is 35.5 Å². The number of aliphatic imine (C=N–C) groups is 1. The lowest BCUT2D eigenvalue weighted by molar-refractivity contribution is -0.0981. The zero-order valence-electron chi connectivity index (χ0n) is 14.3. The molecule has 0 aromatic heterocycles. The molecule has 1 spiro atoms. The summed E-state index contributed by atoms with van der Waals surface area (Å²) in [6.45, 7) is -3.84. The first kappa shape index (κ1) is 19.5. The fraction of sp³-hybridized carbons (Fsp3) is 0.333.